The first-order valence-electron chi connectivity index (χ1n) is 13.2. The van der Waals surface area contributed by atoms with E-state index in [1.54, 1.807) is 30.5 Å². The van der Waals surface area contributed by atoms with Crippen LogP contribution in [0.5, 0.6) is 0 Å². The molecule has 2 aromatic carbocycles. The van der Waals surface area contributed by atoms with E-state index < -0.39 is 11.7 Å². The van der Waals surface area contributed by atoms with Crippen LogP contribution in [0.3, 0.4) is 0 Å². The summed E-state index contributed by atoms with van der Waals surface area (Å²) in [6.07, 6.45) is 0.768. The lowest BCUT2D eigenvalue weighted by Gasteiger charge is -2.38. The lowest BCUT2D eigenvalue weighted by Crippen LogP contribution is -2.50. The second-order valence-electron chi connectivity index (χ2n) is 10.9. The smallest absolute Gasteiger partial charge is 0.261 e. The Bertz CT molecular complexity index is 1520. The Hall–Kier alpha value is -3.37. The number of H-pyrrole nitrogens is 2. The molecule has 5 rings (SSSR count). The fourth-order valence-electron chi connectivity index (χ4n) is 5.18. The van der Waals surface area contributed by atoms with Crippen LogP contribution in [-0.4, -0.2) is 74.9 Å². The molecule has 2 aromatic heterocycles. The third-order valence-electron chi connectivity index (χ3n) is 7.03. The molecule has 1 aliphatic rings. The number of β-amino-alcohol motifs (C(OH)–C–C–N with tert-alkyl or cyclic N) is 1. The highest BCUT2D eigenvalue weighted by Crippen LogP contribution is 2.30. The van der Waals surface area contributed by atoms with Crippen molar-refractivity contribution >= 4 is 34.0 Å². The highest BCUT2D eigenvalue weighted by atomic mass is 35.5. The van der Waals surface area contributed by atoms with E-state index in [1.807, 2.05) is 26.8 Å². The molecular weight excluding hydrogens is 516 g/mol. The van der Waals surface area contributed by atoms with Crippen LogP contribution in [0.15, 0.2) is 53.5 Å². The van der Waals surface area contributed by atoms with Crippen LogP contribution in [-0.2, 0) is 0 Å². The highest BCUT2D eigenvalue weighted by Gasteiger charge is 2.24. The molecule has 1 saturated heterocycles. The predicted octanol–water partition coefficient (Wildman–Crippen LogP) is 3.92. The molecule has 39 heavy (non-hydrogen) atoms. The van der Waals surface area contributed by atoms with Gasteiger partial charge in [-0.25, -0.2) is 4.98 Å². The molecule has 1 atom stereocenters. The van der Waals surface area contributed by atoms with E-state index in [2.05, 4.69) is 37.2 Å². The summed E-state index contributed by atoms with van der Waals surface area (Å²) in [6.45, 7) is 10.0. The van der Waals surface area contributed by atoms with Crippen LogP contribution < -0.4 is 15.8 Å². The van der Waals surface area contributed by atoms with Crippen molar-refractivity contribution < 1.29 is 10.2 Å². The fourth-order valence-corrected chi connectivity index (χ4v) is 5.38. The van der Waals surface area contributed by atoms with Crippen molar-refractivity contribution in [3.05, 3.63) is 75.2 Å². The van der Waals surface area contributed by atoms with Gasteiger partial charge in [0.15, 0.2) is 0 Å². The molecule has 1 fully saturated rings. The van der Waals surface area contributed by atoms with Gasteiger partial charge in [0.1, 0.15) is 11.4 Å². The minimum Gasteiger partial charge on any atom is -0.389 e. The summed E-state index contributed by atoms with van der Waals surface area (Å²) in [5, 5.41) is 24.6. The number of aromatic nitrogens is 3. The number of piperazine rings is 1. The minimum absolute atomic E-state index is 0.194. The first-order chi connectivity index (χ1) is 18.6. The number of nitrogens with zero attached hydrogens (tertiary/aromatic N) is 3. The molecule has 0 bridgehead atoms. The van der Waals surface area contributed by atoms with Crippen LogP contribution in [0.4, 0.5) is 11.4 Å². The normalized spacial score (nSPS) is 15.6. The molecule has 5 N–H and O–H groups in total. The summed E-state index contributed by atoms with van der Waals surface area (Å²) in [6, 6.07) is 13.1. The number of pyridine rings is 1. The molecule has 4 aromatic rings. The van der Waals surface area contributed by atoms with Gasteiger partial charge in [-0.1, -0.05) is 23.7 Å². The SMILES string of the molecule is Cc1cc(N2CCN(CC(C)(C)O)CC2)cc2[nH]c(-c3c(NCC(O)c4cccc(Cl)c4)cc[nH]c3=O)nc12. The molecule has 0 radical (unpaired) electrons. The maximum Gasteiger partial charge on any atom is 0.261 e. The van der Waals surface area contributed by atoms with Gasteiger partial charge >= 0.3 is 0 Å². The average Bonchev–Trinajstić information content (AvgIpc) is 3.31. The summed E-state index contributed by atoms with van der Waals surface area (Å²) in [7, 11) is 0. The number of fused-ring (bicyclic) bond motifs is 1. The van der Waals surface area contributed by atoms with E-state index >= 15 is 0 Å². The van der Waals surface area contributed by atoms with E-state index in [4.69, 9.17) is 16.6 Å². The largest absolute Gasteiger partial charge is 0.389 e. The lowest BCUT2D eigenvalue weighted by molar-refractivity contribution is 0.0345. The van der Waals surface area contributed by atoms with Crippen molar-refractivity contribution in [2.45, 2.75) is 32.5 Å². The Morgan fingerprint density at radius 3 is 2.64 bits per heavy atom. The molecule has 10 heteroatoms. The molecule has 9 nitrogen and oxygen atoms in total. The standard InChI is InChI=1S/C29H35ClN6O3/c1-18-13-21(36-11-9-35(10-12-36)17-29(2,3)39)15-23-26(18)34-27(33-23)25-22(7-8-31-28(25)38)32-16-24(37)19-5-4-6-20(30)14-19/h4-8,13-15,24,37,39H,9-12,16-17H2,1-3H3,(H,33,34)(H2,31,32,38). The number of halogens is 1. The quantitative estimate of drug-likeness (QED) is 0.225. The Morgan fingerprint density at radius 1 is 1.15 bits per heavy atom. The molecule has 1 unspecified atom stereocenters. The van der Waals surface area contributed by atoms with Gasteiger partial charge in [0, 0.05) is 56.2 Å². The highest BCUT2D eigenvalue weighted by molar-refractivity contribution is 6.30. The van der Waals surface area contributed by atoms with Crippen LogP contribution >= 0.6 is 11.6 Å². The molecule has 0 aliphatic carbocycles. The second kappa shape index (κ2) is 11.0. The first kappa shape index (κ1) is 27.2. The van der Waals surface area contributed by atoms with E-state index in [-0.39, 0.29) is 12.1 Å². The van der Waals surface area contributed by atoms with E-state index in [0.29, 0.717) is 34.2 Å². The third-order valence-corrected chi connectivity index (χ3v) is 7.26. The third kappa shape index (κ3) is 6.28. The maximum atomic E-state index is 12.9. The van der Waals surface area contributed by atoms with Crippen molar-refractivity contribution in [3.63, 3.8) is 0 Å². The number of imidazole rings is 1. The Morgan fingerprint density at radius 2 is 1.92 bits per heavy atom. The zero-order valence-corrected chi connectivity index (χ0v) is 23.2. The van der Waals surface area contributed by atoms with Crippen LogP contribution in [0, 0.1) is 6.92 Å². The van der Waals surface area contributed by atoms with E-state index in [0.717, 1.165) is 48.5 Å². The molecular formula is C29H35ClN6O3. The second-order valence-corrected chi connectivity index (χ2v) is 11.3. The van der Waals surface area contributed by atoms with Gasteiger partial charge in [-0.05, 0) is 62.2 Å². The van der Waals surface area contributed by atoms with Gasteiger partial charge in [0.25, 0.3) is 5.56 Å². The van der Waals surface area contributed by atoms with E-state index in [1.165, 1.54) is 0 Å². The Kier molecular flexibility index (Phi) is 7.68. The van der Waals surface area contributed by atoms with Crippen molar-refractivity contribution in [1.29, 1.82) is 0 Å². The summed E-state index contributed by atoms with van der Waals surface area (Å²) >= 11 is 6.07. The van der Waals surface area contributed by atoms with Gasteiger partial charge < -0.3 is 30.4 Å². The number of aliphatic hydroxyl groups is 2. The summed E-state index contributed by atoms with van der Waals surface area (Å²) < 4.78 is 0. The van der Waals surface area contributed by atoms with Crippen molar-refractivity contribution in [2.24, 2.45) is 0 Å². The topological polar surface area (TPSA) is 121 Å². The minimum atomic E-state index is -0.805. The average molecular weight is 551 g/mol. The molecule has 0 spiro atoms. The fraction of sp³-hybridized carbons (Fsp3) is 0.379. The van der Waals surface area contributed by atoms with Crippen LogP contribution in [0.2, 0.25) is 5.02 Å². The van der Waals surface area contributed by atoms with Crippen molar-refractivity contribution in [3.8, 4) is 11.4 Å². The number of aromatic amines is 2. The number of aliphatic hydroxyl groups excluding tert-OH is 1. The predicted molar refractivity (Wildman–Crippen MR) is 157 cm³/mol. The van der Waals surface area contributed by atoms with Gasteiger partial charge in [0.2, 0.25) is 0 Å². The van der Waals surface area contributed by atoms with Gasteiger partial charge in [0.05, 0.1) is 28.4 Å². The van der Waals surface area contributed by atoms with Crippen LogP contribution in [0.1, 0.15) is 31.1 Å². The van der Waals surface area contributed by atoms with Crippen molar-refractivity contribution in [2.75, 3.05) is 49.5 Å². The zero-order valence-electron chi connectivity index (χ0n) is 22.5. The number of hydrogen-bond donors (Lipinski definition) is 5. The number of anilines is 2. The van der Waals surface area contributed by atoms with Gasteiger partial charge in [-0.3, -0.25) is 9.69 Å². The number of benzene rings is 2. The molecule has 0 saturated carbocycles. The monoisotopic (exact) mass is 550 g/mol. The Labute approximate surface area is 232 Å². The lowest BCUT2D eigenvalue weighted by atomic mass is 10.1. The maximum absolute atomic E-state index is 12.9. The van der Waals surface area contributed by atoms with Crippen LogP contribution in [0.25, 0.3) is 22.4 Å². The zero-order chi connectivity index (χ0) is 27.7. The number of rotatable bonds is 8. The molecule has 0 amide bonds. The molecule has 206 valence electrons. The molecule has 1 aliphatic heterocycles. The first-order valence-corrected chi connectivity index (χ1v) is 13.5. The van der Waals surface area contributed by atoms with Gasteiger partial charge in [-0.2, -0.15) is 0 Å². The summed E-state index contributed by atoms with van der Waals surface area (Å²) in [5.74, 6) is 0.460. The number of hydrogen-bond acceptors (Lipinski definition) is 7. The summed E-state index contributed by atoms with van der Waals surface area (Å²) in [5.41, 5.74) is 4.43. The van der Waals surface area contributed by atoms with Crippen molar-refractivity contribution in [1.82, 2.24) is 19.9 Å². The molecule has 3 heterocycles. The number of aryl methyl sites for hydroxylation is 1. The number of nitrogens with one attached hydrogen (secondary N) is 3. The van der Waals surface area contributed by atoms with Gasteiger partial charge in [-0.15, -0.1) is 0 Å². The summed E-state index contributed by atoms with van der Waals surface area (Å²) in [4.78, 5) is 28.5. The Balaban J connectivity index is 1.37. The van der Waals surface area contributed by atoms with E-state index in [9.17, 15) is 15.0 Å².